The highest BCUT2D eigenvalue weighted by atomic mass is 16.5. The molecule has 3 nitrogen and oxygen atoms in total. The van der Waals surface area contributed by atoms with Crippen molar-refractivity contribution in [2.24, 2.45) is 11.7 Å². The monoisotopic (exact) mass is 226 g/mol. The number of nitrogens with two attached hydrogens (primary N) is 1. The van der Waals surface area contributed by atoms with Gasteiger partial charge in [0.05, 0.1) is 0 Å². The minimum atomic E-state index is 0.608. The molecule has 0 aliphatic carbocycles. The Morgan fingerprint density at radius 1 is 1.31 bits per heavy atom. The standard InChI is InChI=1S/C13H26N2O/c1-2-12-4-3-7-15(12)13(10-14)11-5-8-16-9-6-11/h11-13H,2-10,14H2,1H3. The number of hydrogen-bond donors (Lipinski definition) is 1. The van der Waals surface area contributed by atoms with E-state index in [2.05, 4.69) is 11.8 Å². The van der Waals surface area contributed by atoms with E-state index in [1.54, 1.807) is 0 Å². The van der Waals surface area contributed by atoms with Crippen LogP contribution in [0.4, 0.5) is 0 Å². The maximum absolute atomic E-state index is 6.02. The molecule has 0 aromatic carbocycles. The Bertz CT molecular complexity index is 204. The zero-order valence-electron chi connectivity index (χ0n) is 10.5. The summed E-state index contributed by atoms with van der Waals surface area (Å²) >= 11 is 0. The molecule has 0 spiro atoms. The number of ether oxygens (including phenoxy) is 1. The Kier molecular flexibility index (Phi) is 4.62. The van der Waals surface area contributed by atoms with Crippen LogP contribution in [0.1, 0.15) is 39.0 Å². The first-order valence-electron chi connectivity index (χ1n) is 6.90. The average molecular weight is 226 g/mol. The third kappa shape index (κ3) is 2.58. The van der Waals surface area contributed by atoms with Crippen LogP contribution in [0.3, 0.4) is 0 Å². The molecule has 2 unspecified atom stereocenters. The van der Waals surface area contributed by atoms with E-state index in [1.807, 2.05) is 0 Å². The van der Waals surface area contributed by atoms with Crippen molar-refractivity contribution < 1.29 is 4.74 Å². The molecule has 94 valence electrons. The van der Waals surface area contributed by atoms with Gasteiger partial charge >= 0.3 is 0 Å². The summed E-state index contributed by atoms with van der Waals surface area (Å²) in [7, 11) is 0. The summed E-state index contributed by atoms with van der Waals surface area (Å²) in [5, 5.41) is 0. The molecule has 0 saturated carbocycles. The molecule has 2 fully saturated rings. The number of likely N-dealkylation sites (tertiary alicyclic amines) is 1. The Balaban J connectivity index is 1.97. The first-order chi connectivity index (χ1) is 7.86. The summed E-state index contributed by atoms with van der Waals surface area (Å²) in [6.45, 7) is 6.26. The van der Waals surface area contributed by atoms with Gasteiger partial charge in [-0.25, -0.2) is 0 Å². The van der Waals surface area contributed by atoms with Gasteiger partial charge in [-0.2, -0.15) is 0 Å². The lowest BCUT2D eigenvalue weighted by Crippen LogP contribution is -2.49. The number of rotatable bonds is 4. The Morgan fingerprint density at radius 2 is 2.06 bits per heavy atom. The number of nitrogens with zero attached hydrogens (tertiary/aromatic N) is 1. The van der Waals surface area contributed by atoms with Gasteiger partial charge in [-0.3, -0.25) is 4.90 Å². The molecule has 16 heavy (non-hydrogen) atoms. The minimum absolute atomic E-state index is 0.608. The third-order valence-corrected chi connectivity index (χ3v) is 4.37. The van der Waals surface area contributed by atoms with Gasteiger partial charge in [-0.05, 0) is 44.6 Å². The van der Waals surface area contributed by atoms with Crippen LogP contribution in [0.15, 0.2) is 0 Å². The lowest BCUT2D eigenvalue weighted by Gasteiger charge is -2.39. The summed E-state index contributed by atoms with van der Waals surface area (Å²) in [4.78, 5) is 2.69. The first-order valence-corrected chi connectivity index (χ1v) is 6.90. The quantitative estimate of drug-likeness (QED) is 0.791. The van der Waals surface area contributed by atoms with Crippen molar-refractivity contribution in [3.63, 3.8) is 0 Å². The highest BCUT2D eigenvalue weighted by Gasteiger charge is 2.34. The zero-order chi connectivity index (χ0) is 11.4. The van der Waals surface area contributed by atoms with Crippen molar-refractivity contribution in [3.8, 4) is 0 Å². The van der Waals surface area contributed by atoms with Gasteiger partial charge in [0.25, 0.3) is 0 Å². The summed E-state index contributed by atoms with van der Waals surface area (Å²) in [5.41, 5.74) is 6.02. The van der Waals surface area contributed by atoms with E-state index in [1.165, 1.54) is 38.6 Å². The van der Waals surface area contributed by atoms with E-state index in [0.29, 0.717) is 6.04 Å². The Labute approximate surface area is 99.3 Å². The molecule has 2 aliphatic rings. The molecule has 2 aliphatic heterocycles. The Morgan fingerprint density at radius 3 is 2.69 bits per heavy atom. The van der Waals surface area contributed by atoms with E-state index in [0.717, 1.165) is 31.7 Å². The van der Waals surface area contributed by atoms with Gasteiger partial charge in [0.15, 0.2) is 0 Å². The molecule has 0 aromatic rings. The average Bonchev–Trinajstić information content (AvgIpc) is 2.80. The second kappa shape index (κ2) is 5.99. The van der Waals surface area contributed by atoms with Crippen LogP contribution in [-0.4, -0.2) is 43.3 Å². The summed E-state index contributed by atoms with van der Waals surface area (Å²) < 4.78 is 5.45. The normalized spacial score (nSPS) is 30.8. The minimum Gasteiger partial charge on any atom is -0.381 e. The van der Waals surface area contributed by atoms with Crippen LogP contribution < -0.4 is 5.73 Å². The van der Waals surface area contributed by atoms with Crippen molar-refractivity contribution in [1.29, 1.82) is 0 Å². The predicted molar refractivity (Wildman–Crippen MR) is 66.4 cm³/mol. The predicted octanol–water partition coefficient (Wildman–Crippen LogP) is 1.61. The summed E-state index contributed by atoms with van der Waals surface area (Å²) in [6.07, 6.45) is 6.41. The van der Waals surface area contributed by atoms with Crippen molar-refractivity contribution in [2.75, 3.05) is 26.3 Å². The molecule has 3 heteroatoms. The molecule has 2 heterocycles. The van der Waals surface area contributed by atoms with Gasteiger partial charge in [-0.1, -0.05) is 6.92 Å². The van der Waals surface area contributed by atoms with E-state index < -0.39 is 0 Å². The molecule has 0 amide bonds. The summed E-state index contributed by atoms with van der Waals surface area (Å²) in [6, 6.07) is 1.40. The summed E-state index contributed by atoms with van der Waals surface area (Å²) in [5.74, 6) is 0.769. The van der Waals surface area contributed by atoms with Crippen molar-refractivity contribution in [2.45, 2.75) is 51.1 Å². The van der Waals surface area contributed by atoms with Crippen LogP contribution in [0.2, 0.25) is 0 Å². The first kappa shape index (κ1) is 12.3. The van der Waals surface area contributed by atoms with Crippen LogP contribution in [0, 0.1) is 5.92 Å². The van der Waals surface area contributed by atoms with E-state index >= 15 is 0 Å². The molecule has 2 N–H and O–H groups in total. The Hall–Kier alpha value is -0.120. The lowest BCUT2D eigenvalue weighted by atomic mass is 9.90. The second-order valence-electron chi connectivity index (χ2n) is 5.19. The topological polar surface area (TPSA) is 38.5 Å². The maximum atomic E-state index is 6.02. The van der Waals surface area contributed by atoms with Crippen molar-refractivity contribution in [3.05, 3.63) is 0 Å². The highest BCUT2D eigenvalue weighted by molar-refractivity contribution is 4.89. The molecule has 2 rings (SSSR count). The van der Waals surface area contributed by atoms with Gasteiger partial charge in [0.1, 0.15) is 0 Å². The van der Waals surface area contributed by atoms with Gasteiger partial charge in [-0.15, -0.1) is 0 Å². The van der Waals surface area contributed by atoms with Gasteiger partial charge in [0.2, 0.25) is 0 Å². The van der Waals surface area contributed by atoms with Crippen LogP contribution in [-0.2, 0) is 4.74 Å². The largest absolute Gasteiger partial charge is 0.381 e. The van der Waals surface area contributed by atoms with Crippen molar-refractivity contribution in [1.82, 2.24) is 4.90 Å². The molecular formula is C13H26N2O. The smallest absolute Gasteiger partial charge is 0.0469 e. The molecule has 0 aromatic heterocycles. The molecule has 0 radical (unpaired) electrons. The van der Waals surface area contributed by atoms with Gasteiger partial charge < -0.3 is 10.5 Å². The van der Waals surface area contributed by atoms with Crippen LogP contribution in [0.25, 0.3) is 0 Å². The SMILES string of the molecule is CCC1CCCN1C(CN)C1CCOCC1. The van der Waals surface area contributed by atoms with Gasteiger partial charge in [0, 0.05) is 31.8 Å². The lowest BCUT2D eigenvalue weighted by molar-refractivity contribution is 0.0237. The van der Waals surface area contributed by atoms with E-state index in [-0.39, 0.29) is 0 Å². The fourth-order valence-corrected chi connectivity index (χ4v) is 3.43. The molecule has 2 atom stereocenters. The second-order valence-corrected chi connectivity index (χ2v) is 5.19. The fourth-order valence-electron chi connectivity index (χ4n) is 3.43. The molecule has 0 bridgehead atoms. The van der Waals surface area contributed by atoms with E-state index in [4.69, 9.17) is 10.5 Å². The molecule has 2 saturated heterocycles. The van der Waals surface area contributed by atoms with E-state index in [9.17, 15) is 0 Å². The zero-order valence-corrected chi connectivity index (χ0v) is 10.5. The third-order valence-electron chi connectivity index (χ3n) is 4.37. The number of hydrogen-bond acceptors (Lipinski definition) is 3. The van der Waals surface area contributed by atoms with Crippen LogP contribution in [0.5, 0.6) is 0 Å². The maximum Gasteiger partial charge on any atom is 0.0469 e. The van der Waals surface area contributed by atoms with Crippen molar-refractivity contribution >= 4 is 0 Å². The molecular weight excluding hydrogens is 200 g/mol. The highest BCUT2D eigenvalue weighted by Crippen LogP contribution is 2.29. The fraction of sp³-hybridized carbons (Fsp3) is 1.00. The van der Waals surface area contributed by atoms with Crippen LogP contribution >= 0.6 is 0 Å².